The van der Waals surface area contributed by atoms with Crippen LogP contribution in [0.1, 0.15) is 19.3 Å². The zero-order valence-electron chi connectivity index (χ0n) is 16.7. The van der Waals surface area contributed by atoms with Gasteiger partial charge in [0.2, 0.25) is 0 Å². The third-order valence-corrected chi connectivity index (χ3v) is 7.09. The second-order valence-corrected chi connectivity index (χ2v) is 9.46. The number of nitrogens with zero attached hydrogens (tertiary/aromatic N) is 1. The molecule has 1 aliphatic rings. The van der Waals surface area contributed by atoms with Crippen LogP contribution in [0.2, 0.25) is 0 Å². The highest BCUT2D eigenvalue weighted by Crippen LogP contribution is 2.28. The first-order chi connectivity index (χ1) is 14.8. The number of rotatable bonds is 7. The summed E-state index contributed by atoms with van der Waals surface area (Å²) in [4.78, 5) is 24.2. The number of para-hydroxylation sites is 1. The predicted molar refractivity (Wildman–Crippen MR) is 111 cm³/mol. The number of benzene rings is 2. The quantitative estimate of drug-likeness (QED) is 0.438. The number of likely N-dealkylation sites (tertiary alicyclic amines) is 1. The molecule has 2 unspecified atom stereocenters. The van der Waals surface area contributed by atoms with Crippen molar-refractivity contribution in [3.8, 4) is 11.5 Å². The molecule has 3 N–H and O–H groups in total. The van der Waals surface area contributed by atoms with Crippen LogP contribution in [0.3, 0.4) is 0 Å². The minimum atomic E-state index is -3.56. The van der Waals surface area contributed by atoms with E-state index in [9.17, 15) is 23.1 Å². The number of carbonyl (C=O) groups is 2. The number of hydrogen-bond acceptors (Lipinski definition) is 6. The molecule has 31 heavy (non-hydrogen) atoms. The fraction of sp³-hybridized carbons (Fsp3) is 0.333. The van der Waals surface area contributed by atoms with Gasteiger partial charge in [-0.25, -0.2) is 18.7 Å². The van der Waals surface area contributed by atoms with Crippen molar-refractivity contribution in [3.63, 3.8) is 0 Å². The van der Waals surface area contributed by atoms with Crippen molar-refractivity contribution >= 4 is 21.8 Å². The average Bonchev–Trinajstić information content (AvgIpc) is 2.78. The van der Waals surface area contributed by atoms with E-state index < -0.39 is 27.9 Å². The highest BCUT2D eigenvalue weighted by atomic mass is 32.2. The maximum absolute atomic E-state index is 12.7. The van der Waals surface area contributed by atoms with Crippen LogP contribution in [0, 0.1) is 5.92 Å². The van der Waals surface area contributed by atoms with Crippen molar-refractivity contribution in [1.82, 2.24) is 10.4 Å². The fourth-order valence-electron chi connectivity index (χ4n) is 3.63. The molecule has 2 atom stereocenters. The first kappa shape index (κ1) is 22.6. The second-order valence-electron chi connectivity index (χ2n) is 7.35. The Bertz CT molecular complexity index is 1010. The normalized spacial score (nSPS) is 18.9. The van der Waals surface area contributed by atoms with E-state index in [2.05, 4.69) is 0 Å². The zero-order chi connectivity index (χ0) is 22.4. The number of ether oxygens (including phenoxy) is 1. The van der Waals surface area contributed by atoms with Gasteiger partial charge in [-0.05, 0) is 61.6 Å². The van der Waals surface area contributed by atoms with Gasteiger partial charge in [0, 0.05) is 6.54 Å². The van der Waals surface area contributed by atoms with Gasteiger partial charge in [-0.1, -0.05) is 18.2 Å². The Morgan fingerprint density at radius 1 is 1.06 bits per heavy atom. The van der Waals surface area contributed by atoms with E-state index in [0.29, 0.717) is 17.9 Å². The maximum atomic E-state index is 12.7. The summed E-state index contributed by atoms with van der Waals surface area (Å²) in [5, 5.41) is 18.1. The van der Waals surface area contributed by atoms with Crippen molar-refractivity contribution < 1.29 is 33.1 Å². The first-order valence-electron chi connectivity index (χ1n) is 9.79. The molecule has 2 amide bonds. The Balaban J connectivity index is 1.60. The van der Waals surface area contributed by atoms with Gasteiger partial charge in [0.1, 0.15) is 17.5 Å². The number of hydroxylamine groups is 1. The summed E-state index contributed by atoms with van der Waals surface area (Å²) >= 11 is 0. The Hall–Kier alpha value is -3.11. The topological polar surface area (TPSA) is 133 Å². The van der Waals surface area contributed by atoms with Gasteiger partial charge in [0.15, 0.2) is 9.84 Å². The van der Waals surface area contributed by atoms with Gasteiger partial charge in [0.25, 0.3) is 5.91 Å². The fourth-order valence-corrected chi connectivity index (χ4v) is 5.06. The largest absolute Gasteiger partial charge is 0.465 e. The molecule has 2 aromatic rings. The van der Waals surface area contributed by atoms with Crippen LogP contribution in [0.5, 0.6) is 11.5 Å². The Morgan fingerprint density at radius 3 is 2.32 bits per heavy atom. The van der Waals surface area contributed by atoms with Crippen molar-refractivity contribution in [1.29, 1.82) is 0 Å². The molecule has 1 fully saturated rings. The SMILES string of the molecule is O=C(NO)C1CC(CCS(=O)(=O)c2ccc(Oc3ccccc3)cc2)CCN1C(=O)O. The summed E-state index contributed by atoms with van der Waals surface area (Å²) in [6.07, 6.45) is -0.371. The molecule has 9 nitrogen and oxygen atoms in total. The third-order valence-electron chi connectivity index (χ3n) is 5.33. The van der Waals surface area contributed by atoms with Gasteiger partial charge in [-0.2, -0.15) is 0 Å². The average molecular weight is 448 g/mol. The van der Waals surface area contributed by atoms with Crippen molar-refractivity contribution in [2.24, 2.45) is 5.92 Å². The van der Waals surface area contributed by atoms with Gasteiger partial charge < -0.3 is 9.84 Å². The van der Waals surface area contributed by atoms with Crippen LogP contribution < -0.4 is 10.2 Å². The number of carbonyl (C=O) groups excluding carboxylic acids is 1. The lowest BCUT2D eigenvalue weighted by molar-refractivity contribution is -0.136. The van der Waals surface area contributed by atoms with Crippen LogP contribution in [-0.4, -0.2) is 54.0 Å². The first-order valence-corrected chi connectivity index (χ1v) is 11.4. The third kappa shape index (κ3) is 5.74. The minimum Gasteiger partial charge on any atom is -0.465 e. The Kier molecular flexibility index (Phi) is 7.13. The second kappa shape index (κ2) is 9.80. The molecule has 0 radical (unpaired) electrons. The lowest BCUT2D eigenvalue weighted by atomic mass is 9.89. The highest BCUT2D eigenvalue weighted by molar-refractivity contribution is 7.91. The summed E-state index contributed by atoms with van der Waals surface area (Å²) in [6.45, 7) is 0.101. The molecular formula is C21H24N2O7S. The Labute approximate surface area is 180 Å². The molecular weight excluding hydrogens is 424 g/mol. The summed E-state index contributed by atoms with van der Waals surface area (Å²) in [7, 11) is -3.56. The van der Waals surface area contributed by atoms with Gasteiger partial charge in [-0.15, -0.1) is 0 Å². The van der Waals surface area contributed by atoms with Crippen LogP contribution in [0.25, 0.3) is 0 Å². The standard InChI is InChI=1S/C21H24N2O7S/c24-20(22-27)19-14-15(10-12-23(19)21(25)26)11-13-31(28,29)18-8-6-17(7-9-18)30-16-4-2-1-3-5-16/h1-9,15,19,27H,10-14H2,(H,22,24)(H,25,26). The van der Waals surface area contributed by atoms with Gasteiger partial charge in [0.05, 0.1) is 10.6 Å². The van der Waals surface area contributed by atoms with Crippen LogP contribution in [-0.2, 0) is 14.6 Å². The molecule has 0 saturated carbocycles. The molecule has 1 aliphatic heterocycles. The highest BCUT2D eigenvalue weighted by Gasteiger charge is 2.36. The lowest BCUT2D eigenvalue weighted by Crippen LogP contribution is -2.52. The van der Waals surface area contributed by atoms with Crippen LogP contribution >= 0.6 is 0 Å². The number of sulfone groups is 1. The number of amides is 2. The number of carboxylic acid groups (broad SMARTS) is 1. The molecule has 166 valence electrons. The molecule has 10 heteroatoms. The smallest absolute Gasteiger partial charge is 0.407 e. The predicted octanol–water partition coefficient (Wildman–Crippen LogP) is 2.91. The van der Waals surface area contributed by atoms with Crippen molar-refractivity contribution in [3.05, 3.63) is 54.6 Å². The van der Waals surface area contributed by atoms with Crippen molar-refractivity contribution in [2.45, 2.75) is 30.2 Å². The molecule has 0 aliphatic carbocycles. The van der Waals surface area contributed by atoms with E-state index in [1.54, 1.807) is 24.3 Å². The monoisotopic (exact) mass is 448 g/mol. The molecule has 0 aromatic heterocycles. The number of hydrogen-bond donors (Lipinski definition) is 3. The van der Waals surface area contributed by atoms with Gasteiger partial charge >= 0.3 is 6.09 Å². The van der Waals surface area contributed by atoms with Crippen molar-refractivity contribution in [2.75, 3.05) is 12.3 Å². The molecule has 2 aromatic carbocycles. The molecule has 1 heterocycles. The van der Waals surface area contributed by atoms with Gasteiger partial charge in [-0.3, -0.25) is 14.9 Å². The Morgan fingerprint density at radius 2 is 1.71 bits per heavy atom. The molecule has 1 saturated heterocycles. The van der Waals surface area contributed by atoms with E-state index in [4.69, 9.17) is 9.94 Å². The summed E-state index contributed by atoms with van der Waals surface area (Å²) in [5.74, 6) is 0.0607. The lowest BCUT2D eigenvalue weighted by Gasteiger charge is -2.36. The van der Waals surface area contributed by atoms with Crippen LogP contribution in [0.4, 0.5) is 4.79 Å². The van der Waals surface area contributed by atoms with E-state index in [1.807, 2.05) is 18.2 Å². The number of piperidine rings is 1. The van der Waals surface area contributed by atoms with E-state index in [1.165, 1.54) is 17.6 Å². The van der Waals surface area contributed by atoms with E-state index in [0.717, 1.165) is 4.90 Å². The van der Waals surface area contributed by atoms with E-state index >= 15 is 0 Å². The number of nitrogens with one attached hydrogen (secondary N) is 1. The summed E-state index contributed by atoms with van der Waals surface area (Å²) in [6, 6.07) is 14.2. The van der Waals surface area contributed by atoms with E-state index in [-0.39, 0.29) is 36.0 Å². The molecule has 0 spiro atoms. The molecule has 0 bridgehead atoms. The molecule has 3 rings (SSSR count). The zero-order valence-corrected chi connectivity index (χ0v) is 17.5. The maximum Gasteiger partial charge on any atom is 0.407 e. The summed E-state index contributed by atoms with van der Waals surface area (Å²) < 4.78 is 31.1. The minimum absolute atomic E-state index is 0.101. The van der Waals surface area contributed by atoms with Crippen LogP contribution in [0.15, 0.2) is 59.5 Å². The summed E-state index contributed by atoms with van der Waals surface area (Å²) in [5.41, 5.74) is 1.49.